The van der Waals surface area contributed by atoms with Crippen molar-refractivity contribution in [2.75, 3.05) is 26.7 Å². The van der Waals surface area contributed by atoms with Crippen molar-refractivity contribution in [1.29, 1.82) is 0 Å². The number of imide groups is 1. The predicted molar refractivity (Wildman–Crippen MR) is 103 cm³/mol. The maximum atomic E-state index is 13.1. The highest BCUT2D eigenvalue weighted by Crippen LogP contribution is 2.41. The first kappa shape index (κ1) is 19.6. The Labute approximate surface area is 164 Å². The number of aryl methyl sites for hydroxylation is 1. The Kier molecular flexibility index (Phi) is 5.44. The molecule has 146 valence electrons. The lowest BCUT2D eigenvalue weighted by Crippen LogP contribution is -2.49. The Hall–Kier alpha value is -2.12. The first-order valence-corrected chi connectivity index (χ1v) is 9.23. The van der Waals surface area contributed by atoms with Gasteiger partial charge in [-0.2, -0.15) is 0 Å². The minimum atomic E-state index is -0.993. The number of fused-ring (bicyclic) bond motifs is 2. The van der Waals surface area contributed by atoms with Crippen LogP contribution < -0.4 is 10.6 Å². The van der Waals surface area contributed by atoms with E-state index in [2.05, 4.69) is 10.6 Å². The molecule has 0 bridgehead atoms. The van der Waals surface area contributed by atoms with Crippen molar-refractivity contribution < 1.29 is 14.4 Å². The van der Waals surface area contributed by atoms with Crippen LogP contribution in [-0.2, 0) is 21.5 Å². The number of hydrogen-bond donors (Lipinski definition) is 2. The summed E-state index contributed by atoms with van der Waals surface area (Å²) in [6.45, 7) is 1.13. The van der Waals surface area contributed by atoms with Gasteiger partial charge in [0.25, 0.3) is 5.91 Å². The summed E-state index contributed by atoms with van der Waals surface area (Å²) in [5, 5.41) is 6.09. The van der Waals surface area contributed by atoms with Crippen LogP contribution in [0.5, 0.6) is 0 Å². The van der Waals surface area contributed by atoms with Gasteiger partial charge in [0.15, 0.2) is 0 Å². The van der Waals surface area contributed by atoms with E-state index >= 15 is 0 Å². The van der Waals surface area contributed by atoms with Crippen molar-refractivity contribution in [2.45, 2.75) is 37.3 Å². The van der Waals surface area contributed by atoms with Gasteiger partial charge in [-0.3, -0.25) is 14.5 Å². The minimum Gasteiger partial charge on any atom is -0.341 e. The molecule has 2 aliphatic heterocycles. The molecule has 0 saturated carbocycles. The van der Waals surface area contributed by atoms with E-state index < -0.39 is 11.6 Å². The second-order valence-corrected chi connectivity index (χ2v) is 7.33. The van der Waals surface area contributed by atoms with Gasteiger partial charge in [0, 0.05) is 19.1 Å². The van der Waals surface area contributed by atoms with Crippen LogP contribution in [-0.4, -0.2) is 60.4 Å². The molecule has 2 saturated heterocycles. The van der Waals surface area contributed by atoms with Gasteiger partial charge in [0.1, 0.15) is 12.1 Å². The molecule has 1 spiro atoms. The third-order valence-electron chi connectivity index (χ3n) is 5.97. The molecule has 2 N–H and O–H groups in total. The lowest BCUT2D eigenvalue weighted by atomic mass is 9.92. The number of amides is 4. The van der Waals surface area contributed by atoms with Gasteiger partial charge in [-0.05, 0) is 43.9 Å². The van der Waals surface area contributed by atoms with Gasteiger partial charge in [0.05, 0.1) is 0 Å². The van der Waals surface area contributed by atoms with E-state index in [4.69, 9.17) is 0 Å². The van der Waals surface area contributed by atoms with Gasteiger partial charge in [-0.15, -0.1) is 12.4 Å². The number of likely N-dealkylation sites (tertiary alicyclic amines) is 1. The number of carbonyl (C=O) groups excluding carboxylic acids is 3. The second-order valence-electron chi connectivity index (χ2n) is 7.33. The standard InChI is InChI=1S/C19H24N4O3.ClH/c1-20-14-7-10-22(11-8-14)16(24)12-23-17(25)19(21-18(23)26)9-6-13-4-2-3-5-15(13)19;/h2-5,14,20H,6-12H2,1H3,(H,21,26);1H. The molecule has 1 aromatic carbocycles. The average Bonchev–Trinajstić information content (AvgIpc) is 3.15. The lowest BCUT2D eigenvalue weighted by Gasteiger charge is -2.32. The van der Waals surface area contributed by atoms with Crippen molar-refractivity contribution in [1.82, 2.24) is 20.4 Å². The normalized spacial score (nSPS) is 24.8. The van der Waals surface area contributed by atoms with Gasteiger partial charge in [0.2, 0.25) is 5.91 Å². The molecule has 2 heterocycles. The van der Waals surface area contributed by atoms with Crippen LogP contribution in [0.2, 0.25) is 0 Å². The number of benzene rings is 1. The van der Waals surface area contributed by atoms with E-state index in [9.17, 15) is 14.4 Å². The third-order valence-corrected chi connectivity index (χ3v) is 5.97. The van der Waals surface area contributed by atoms with Crippen molar-refractivity contribution in [3.05, 3.63) is 35.4 Å². The van der Waals surface area contributed by atoms with Crippen LogP contribution in [0, 0.1) is 0 Å². The molecule has 0 radical (unpaired) electrons. The van der Waals surface area contributed by atoms with Crippen LogP contribution in [0.15, 0.2) is 24.3 Å². The lowest BCUT2D eigenvalue weighted by molar-refractivity contribution is -0.139. The zero-order chi connectivity index (χ0) is 18.3. The molecule has 0 aromatic heterocycles. The molecular weight excluding hydrogens is 368 g/mol. The van der Waals surface area contributed by atoms with Crippen molar-refractivity contribution >= 4 is 30.3 Å². The van der Waals surface area contributed by atoms with E-state index in [1.807, 2.05) is 31.3 Å². The van der Waals surface area contributed by atoms with Crippen LogP contribution in [0.25, 0.3) is 0 Å². The molecule has 8 heteroatoms. The van der Waals surface area contributed by atoms with Crippen LogP contribution in [0.3, 0.4) is 0 Å². The Morgan fingerprint density at radius 2 is 1.96 bits per heavy atom. The number of piperidine rings is 1. The number of hydrogen-bond acceptors (Lipinski definition) is 4. The van der Waals surface area contributed by atoms with Crippen molar-refractivity contribution in [3.8, 4) is 0 Å². The Balaban J connectivity index is 0.00000210. The maximum Gasteiger partial charge on any atom is 0.325 e. The highest BCUT2D eigenvalue weighted by atomic mass is 35.5. The number of nitrogens with one attached hydrogen (secondary N) is 2. The number of carbonyl (C=O) groups is 3. The largest absolute Gasteiger partial charge is 0.341 e. The molecule has 4 rings (SSSR count). The first-order chi connectivity index (χ1) is 12.5. The number of rotatable bonds is 3. The van der Waals surface area contributed by atoms with Crippen molar-refractivity contribution in [3.63, 3.8) is 0 Å². The number of urea groups is 1. The monoisotopic (exact) mass is 392 g/mol. The predicted octanol–water partition coefficient (Wildman–Crippen LogP) is 1.01. The Morgan fingerprint density at radius 1 is 1.26 bits per heavy atom. The molecule has 7 nitrogen and oxygen atoms in total. The zero-order valence-corrected chi connectivity index (χ0v) is 16.2. The summed E-state index contributed by atoms with van der Waals surface area (Å²) in [5.41, 5.74) is 0.958. The minimum absolute atomic E-state index is 0. The van der Waals surface area contributed by atoms with Gasteiger partial charge >= 0.3 is 6.03 Å². The van der Waals surface area contributed by atoms with E-state index in [1.165, 1.54) is 0 Å². The summed E-state index contributed by atoms with van der Waals surface area (Å²) in [7, 11) is 1.92. The molecule has 1 aromatic rings. The van der Waals surface area contributed by atoms with E-state index in [0.717, 1.165) is 35.3 Å². The van der Waals surface area contributed by atoms with E-state index in [-0.39, 0.29) is 30.8 Å². The second kappa shape index (κ2) is 7.48. The third kappa shape index (κ3) is 3.19. The molecule has 27 heavy (non-hydrogen) atoms. The van der Waals surface area contributed by atoms with E-state index in [1.54, 1.807) is 4.90 Å². The summed E-state index contributed by atoms with van der Waals surface area (Å²) in [4.78, 5) is 41.0. The summed E-state index contributed by atoms with van der Waals surface area (Å²) in [5.74, 6) is -0.461. The first-order valence-electron chi connectivity index (χ1n) is 9.23. The molecule has 1 atom stereocenters. The molecular formula is C19H25ClN4O3. The molecule has 1 unspecified atom stereocenters. The smallest absolute Gasteiger partial charge is 0.325 e. The van der Waals surface area contributed by atoms with Crippen LogP contribution in [0.4, 0.5) is 4.79 Å². The molecule has 4 amide bonds. The summed E-state index contributed by atoms with van der Waals surface area (Å²) < 4.78 is 0. The van der Waals surface area contributed by atoms with E-state index in [0.29, 0.717) is 25.6 Å². The van der Waals surface area contributed by atoms with Gasteiger partial charge in [-0.25, -0.2) is 4.79 Å². The molecule has 3 aliphatic rings. The van der Waals surface area contributed by atoms with Crippen LogP contribution in [0.1, 0.15) is 30.4 Å². The maximum absolute atomic E-state index is 13.1. The Bertz CT molecular complexity index is 763. The highest BCUT2D eigenvalue weighted by molar-refractivity contribution is 6.09. The average molecular weight is 393 g/mol. The van der Waals surface area contributed by atoms with Crippen LogP contribution >= 0.6 is 12.4 Å². The SMILES string of the molecule is CNC1CCN(C(=O)CN2C(=O)NC3(CCc4ccccc43)C2=O)CC1.Cl. The summed E-state index contributed by atoms with van der Waals surface area (Å²) in [6, 6.07) is 7.66. The highest BCUT2D eigenvalue weighted by Gasteiger charge is 2.55. The summed E-state index contributed by atoms with van der Waals surface area (Å²) in [6.07, 6.45) is 3.08. The summed E-state index contributed by atoms with van der Waals surface area (Å²) >= 11 is 0. The zero-order valence-electron chi connectivity index (χ0n) is 15.4. The van der Waals surface area contributed by atoms with Crippen molar-refractivity contribution in [2.24, 2.45) is 0 Å². The fourth-order valence-electron chi connectivity index (χ4n) is 4.39. The fourth-order valence-corrected chi connectivity index (χ4v) is 4.39. The number of halogens is 1. The van der Waals surface area contributed by atoms with Gasteiger partial charge < -0.3 is 15.5 Å². The fraction of sp³-hybridized carbons (Fsp3) is 0.526. The van der Waals surface area contributed by atoms with Gasteiger partial charge in [-0.1, -0.05) is 24.3 Å². The quantitative estimate of drug-likeness (QED) is 0.752. The topological polar surface area (TPSA) is 81.8 Å². The Morgan fingerprint density at radius 3 is 2.67 bits per heavy atom. The molecule has 1 aliphatic carbocycles. The molecule has 2 fully saturated rings. The number of nitrogens with zero attached hydrogens (tertiary/aromatic N) is 2.